The molecular weight excluding hydrogens is 238 g/mol. The Bertz CT molecular complexity index is 439. The van der Waals surface area contributed by atoms with Crippen molar-refractivity contribution in [3.05, 3.63) is 29.8 Å². The zero-order valence-electron chi connectivity index (χ0n) is 10.2. The molecule has 0 spiro atoms. The van der Waals surface area contributed by atoms with Crippen molar-refractivity contribution in [3.8, 4) is 0 Å². The van der Waals surface area contributed by atoms with E-state index in [2.05, 4.69) is 0 Å². The number of hydrogen-bond acceptors (Lipinski definition) is 4. The molecule has 1 atom stereocenters. The first-order valence-corrected chi connectivity index (χ1v) is 7.08. The Kier molecular flexibility index (Phi) is 5.11. The van der Waals surface area contributed by atoms with E-state index in [1.165, 1.54) is 12.1 Å². The Hall–Kier alpha value is -0.910. The summed E-state index contributed by atoms with van der Waals surface area (Å²) < 4.78 is 28.5. The zero-order valence-corrected chi connectivity index (χ0v) is 11.0. The van der Waals surface area contributed by atoms with E-state index in [1.807, 2.05) is 13.8 Å². The van der Waals surface area contributed by atoms with Gasteiger partial charge in [0.05, 0.1) is 11.5 Å². The third kappa shape index (κ3) is 4.46. The van der Waals surface area contributed by atoms with Crippen LogP contribution in [-0.2, 0) is 14.3 Å². The first kappa shape index (κ1) is 14.2. The highest BCUT2D eigenvalue weighted by Crippen LogP contribution is 2.13. The van der Waals surface area contributed by atoms with Gasteiger partial charge < -0.3 is 5.73 Å². The summed E-state index contributed by atoms with van der Waals surface area (Å²) in [6.07, 6.45) is 1.67. The van der Waals surface area contributed by atoms with E-state index in [4.69, 9.17) is 9.92 Å². The molecule has 17 heavy (non-hydrogen) atoms. The highest BCUT2D eigenvalue weighted by molar-refractivity contribution is 7.86. The van der Waals surface area contributed by atoms with Gasteiger partial charge in [-0.25, -0.2) is 0 Å². The van der Waals surface area contributed by atoms with Gasteiger partial charge in [0.2, 0.25) is 0 Å². The number of nitrogens with two attached hydrogens (primary N) is 1. The lowest BCUT2D eigenvalue weighted by molar-refractivity contribution is 0.285. The maximum absolute atomic E-state index is 11.8. The number of rotatable bonds is 6. The summed E-state index contributed by atoms with van der Waals surface area (Å²) in [5, 5.41) is 0. The van der Waals surface area contributed by atoms with Gasteiger partial charge >= 0.3 is 0 Å². The smallest absolute Gasteiger partial charge is 0.297 e. The van der Waals surface area contributed by atoms with Crippen LogP contribution in [-0.4, -0.2) is 21.1 Å². The van der Waals surface area contributed by atoms with E-state index in [9.17, 15) is 8.42 Å². The molecule has 0 aliphatic heterocycles. The Morgan fingerprint density at radius 3 is 2.41 bits per heavy atom. The van der Waals surface area contributed by atoms with E-state index in [0.717, 1.165) is 18.4 Å². The van der Waals surface area contributed by atoms with E-state index in [1.54, 1.807) is 12.1 Å². The van der Waals surface area contributed by atoms with Gasteiger partial charge in [-0.05, 0) is 25.5 Å². The van der Waals surface area contributed by atoms with E-state index in [-0.39, 0.29) is 17.5 Å². The van der Waals surface area contributed by atoms with Crippen LogP contribution in [0.3, 0.4) is 0 Å². The highest BCUT2D eigenvalue weighted by atomic mass is 32.2. The first-order valence-electron chi connectivity index (χ1n) is 5.67. The Labute approximate surface area is 103 Å². The maximum Gasteiger partial charge on any atom is 0.297 e. The standard InChI is InChI=1S/C12H19NO3S/c1-3-4-11(13)9-16-17(14,15)12-7-5-10(2)6-8-12/h5-8,11H,3-4,9,13H2,1-2H3. The molecule has 1 rings (SSSR count). The average Bonchev–Trinajstić information content (AvgIpc) is 2.28. The Balaban J connectivity index is 2.66. The van der Waals surface area contributed by atoms with Gasteiger partial charge in [-0.1, -0.05) is 31.0 Å². The predicted octanol–water partition coefficient (Wildman–Crippen LogP) is 1.83. The van der Waals surface area contributed by atoms with Gasteiger partial charge in [0.25, 0.3) is 10.1 Å². The van der Waals surface area contributed by atoms with Gasteiger partial charge in [0, 0.05) is 6.04 Å². The van der Waals surface area contributed by atoms with Crippen molar-refractivity contribution in [2.24, 2.45) is 5.73 Å². The fourth-order valence-electron chi connectivity index (χ4n) is 1.40. The SMILES string of the molecule is CCCC(N)COS(=O)(=O)c1ccc(C)cc1. The molecule has 1 aromatic carbocycles. The number of hydrogen-bond donors (Lipinski definition) is 1. The maximum atomic E-state index is 11.8. The molecule has 0 bridgehead atoms. The molecular formula is C12H19NO3S. The van der Waals surface area contributed by atoms with Crippen molar-refractivity contribution >= 4 is 10.1 Å². The fourth-order valence-corrected chi connectivity index (χ4v) is 2.36. The predicted molar refractivity (Wildman–Crippen MR) is 67.2 cm³/mol. The van der Waals surface area contributed by atoms with E-state index in [0.29, 0.717) is 0 Å². The van der Waals surface area contributed by atoms with Gasteiger partial charge in [0.15, 0.2) is 0 Å². The van der Waals surface area contributed by atoms with Crippen LogP contribution < -0.4 is 5.73 Å². The van der Waals surface area contributed by atoms with Gasteiger partial charge in [0.1, 0.15) is 0 Å². The topological polar surface area (TPSA) is 69.4 Å². The Morgan fingerprint density at radius 1 is 1.29 bits per heavy atom. The monoisotopic (exact) mass is 257 g/mol. The third-order valence-corrected chi connectivity index (χ3v) is 3.70. The van der Waals surface area contributed by atoms with Crippen molar-refractivity contribution in [1.29, 1.82) is 0 Å². The lowest BCUT2D eigenvalue weighted by atomic mass is 10.2. The van der Waals surface area contributed by atoms with E-state index < -0.39 is 10.1 Å². The average molecular weight is 257 g/mol. The molecule has 4 nitrogen and oxygen atoms in total. The van der Waals surface area contributed by atoms with Crippen LogP contribution in [0.4, 0.5) is 0 Å². The fraction of sp³-hybridized carbons (Fsp3) is 0.500. The van der Waals surface area contributed by atoms with Crippen LogP contribution in [0.1, 0.15) is 25.3 Å². The minimum absolute atomic E-state index is 0.0318. The number of benzene rings is 1. The molecule has 0 aliphatic rings. The molecule has 0 aromatic heterocycles. The van der Waals surface area contributed by atoms with Gasteiger partial charge in [-0.15, -0.1) is 0 Å². The quantitative estimate of drug-likeness (QED) is 0.789. The minimum atomic E-state index is -3.67. The van der Waals surface area contributed by atoms with Crippen molar-refractivity contribution in [1.82, 2.24) is 0 Å². The van der Waals surface area contributed by atoms with E-state index >= 15 is 0 Å². The summed E-state index contributed by atoms with van der Waals surface area (Å²) >= 11 is 0. The summed E-state index contributed by atoms with van der Waals surface area (Å²) in [7, 11) is -3.67. The molecule has 96 valence electrons. The molecule has 0 amide bonds. The third-order valence-electron chi connectivity index (χ3n) is 2.41. The summed E-state index contributed by atoms with van der Waals surface area (Å²) in [6, 6.07) is 6.32. The minimum Gasteiger partial charge on any atom is -0.326 e. The second kappa shape index (κ2) is 6.14. The molecule has 0 heterocycles. The second-order valence-corrected chi connectivity index (χ2v) is 5.72. The lowest BCUT2D eigenvalue weighted by Crippen LogP contribution is -2.27. The largest absolute Gasteiger partial charge is 0.326 e. The molecule has 0 saturated heterocycles. The molecule has 1 aromatic rings. The normalized spacial score (nSPS) is 13.6. The lowest BCUT2D eigenvalue weighted by Gasteiger charge is -2.11. The van der Waals surface area contributed by atoms with Crippen molar-refractivity contribution in [2.75, 3.05) is 6.61 Å². The van der Waals surface area contributed by atoms with Crippen LogP contribution in [0.5, 0.6) is 0 Å². The summed E-state index contributed by atoms with van der Waals surface area (Å²) in [5.41, 5.74) is 6.71. The number of aryl methyl sites for hydroxylation is 1. The Morgan fingerprint density at radius 2 is 1.88 bits per heavy atom. The molecule has 0 aliphatic carbocycles. The molecule has 0 radical (unpaired) electrons. The van der Waals surface area contributed by atoms with Crippen LogP contribution in [0.25, 0.3) is 0 Å². The van der Waals surface area contributed by atoms with Crippen LogP contribution in [0.2, 0.25) is 0 Å². The van der Waals surface area contributed by atoms with Crippen LogP contribution >= 0.6 is 0 Å². The second-order valence-electron chi connectivity index (χ2n) is 4.10. The highest BCUT2D eigenvalue weighted by Gasteiger charge is 2.16. The van der Waals surface area contributed by atoms with Crippen molar-refractivity contribution in [2.45, 2.75) is 37.6 Å². The molecule has 0 fully saturated rings. The van der Waals surface area contributed by atoms with Crippen molar-refractivity contribution < 1.29 is 12.6 Å². The summed E-state index contributed by atoms with van der Waals surface area (Å²) in [4.78, 5) is 0.173. The van der Waals surface area contributed by atoms with Gasteiger partial charge in [-0.2, -0.15) is 8.42 Å². The van der Waals surface area contributed by atoms with Gasteiger partial charge in [-0.3, -0.25) is 4.18 Å². The van der Waals surface area contributed by atoms with Crippen LogP contribution in [0.15, 0.2) is 29.2 Å². The molecule has 0 saturated carbocycles. The first-order chi connectivity index (χ1) is 7.95. The van der Waals surface area contributed by atoms with Crippen LogP contribution in [0, 0.1) is 6.92 Å². The van der Waals surface area contributed by atoms with Crippen molar-refractivity contribution in [3.63, 3.8) is 0 Å². The summed E-state index contributed by atoms with van der Waals surface area (Å²) in [6.45, 7) is 3.92. The molecule has 2 N–H and O–H groups in total. The summed E-state index contributed by atoms with van der Waals surface area (Å²) in [5.74, 6) is 0. The zero-order chi connectivity index (χ0) is 12.9. The molecule has 1 unspecified atom stereocenters. The molecule has 5 heteroatoms.